The smallest absolute Gasteiger partial charge is 0.335 e. The van der Waals surface area contributed by atoms with Gasteiger partial charge in [0.25, 0.3) is 0 Å². The largest absolute Gasteiger partial charge is 0.478 e. The van der Waals surface area contributed by atoms with Crippen LogP contribution in [-0.2, 0) is 0 Å². The number of carboxylic acid groups (broad SMARTS) is 1. The highest BCUT2D eigenvalue weighted by molar-refractivity contribution is 5.99. The third-order valence-electron chi connectivity index (χ3n) is 2.59. The molecule has 3 heteroatoms. The van der Waals surface area contributed by atoms with E-state index in [-0.39, 0.29) is 0 Å². The molecule has 0 saturated heterocycles. The monoisotopic (exact) mass is 215 g/mol. The maximum atomic E-state index is 10.9. The van der Waals surface area contributed by atoms with Crippen molar-refractivity contribution in [1.82, 2.24) is 0 Å². The summed E-state index contributed by atoms with van der Waals surface area (Å²) in [6.07, 6.45) is 0. The molecular formula is C13H13NO2. The van der Waals surface area contributed by atoms with Crippen LogP contribution in [0.1, 0.15) is 10.4 Å². The average Bonchev–Trinajstić information content (AvgIpc) is 2.27. The van der Waals surface area contributed by atoms with Gasteiger partial charge >= 0.3 is 5.97 Å². The van der Waals surface area contributed by atoms with Gasteiger partial charge in [-0.15, -0.1) is 0 Å². The molecule has 0 bridgehead atoms. The maximum Gasteiger partial charge on any atom is 0.335 e. The summed E-state index contributed by atoms with van der Waals surface area (Å²) in [4.78, 5) is 12.9. The minimum Gasteiger partial charge on any atom is -0.478 e. The Hall–Kier alpha value is -2.03. The fraction of sp³-hybridized carbons (Fsp3) is 0.154. The molecule has 0 fully saturated rings. The van der Waals surface area contributed by atoms with Crippen LogP contribution in [0.3, 0.4) is 0 Å². The third-order valence-corrected chi connectivity index (χ3v) is 2.59. The summed E-state index contributed by atoms with van der Waals surface area (Å²) in [5.41, 5.74) is 1.41. The zero-order valence-electron chi connectivity index (χ0n) is 9.27. The summed E-state index contributed by atoms with van der Waals surface area (Å²) >= 11 is 0. The second-order valence-electron chi connectivity index (χ2n) is 3.91. The average molecular weight is 215 g/mol. The molecule has 0 saturated carbocycles. The number of anilines is 1. The van der Waals surface area contributed by atoms with Gasteiger partial charge in [-0.2, -0.15) is 0 Å². The highest BCUT2D eigenvalue weighted by atomic mass is 16.4. The zero-order chi connectivity index (χ0) is 11.7. The van der Waals surface area contributed by atoms with Gasteiger partial charge < -0.3 is 10.0 Å². The molecule has 82 valence electrons. The van der Waals surface area contributed by atoms with Crippen molar-refractivity contribution in [3.8, 4) is 0 Å². The van der Waals surface area contributed by atoms with E-state index in [9.17, 15) is 4.79 Å². The molecule has 3 nitrogen and oxygen atoms in total. The molecular weight excluding hydrogens is 202 g/mol. The Kier molecular flexibility index (Phi) is 2.52. The van der Waals surface area contributed by atoms with E-state index < -0.39 is 5.97 Å². The zero-order valence-corrected chi connectivity index (χ0v) is 9.27. The fourth-order valence-corrected chi connectivity index (χ4v) is 1.79. The van der Waals surface area contributed by atoms with Crippen LogP contribution in [0.15, 0.2) is 36.4 Å². The summed E-state index contributed by atoms with van der Waals surface area (Å²) in [5, 5.41) is 10.9. The van der Waals surface area contributed by atoms with E-state index in [0.717, 1.165) is 16.5 Å². The van der Waals surface area contributed by atoms with Crippen molar-refractivity contribution in [2.24, 2.45) is 0 Å². The van der Waals surface area contributed by atoms with Crippen molar-refractivity contribution in [2.75, 3.05) is 19.0 Å². The molecule has 0 aliphatic heterocycles. The lowest BCUT2D eigenvalue weighted by Gasteiger charge is -2.15. The van der Waals surface area contributed by atoms with Gasteiger partial charge in [-0.25, -0.2) is 4.79 Å². The Morgan fingerprint density at radius 3 is 2.56 bits per heavy atom. The first-order chi connectivity index (χ1) is 7.59. The molecule has 0 radical (unpaired) electrons. The third kappa shape index (κ3) is 1.72. The summed E-state index contributed by atoms with van der Waals surface area (Å²) in [5.74, 6) is -0.892. The molecule has 0 aromatic heterocycles. The number of rotatable bonds is 2. The van der Waals surface area contributed by atoms with E-state index >= 15 is 0 Å². The first-order valence-electron chi connectivity index (χ1n) is 5.03. The van der Waals surface area contributed by atoms with Gasteiger partial charge in [0.1, 0.15) is 0 Å². The van der Waals surface area contributed by atoms with Crippen LogP contribution >= 0.6 is 0 Å². The first-order valence-corrected chi connectivity index (χ1v) is 5.03. The van der Waals surface area contributed by atoms with E-state index in [4.69, 9.17) is 5.11 Å². The summed E-state index contributed by atoms with van der Waals surface area (Å²) in [6.45, 7) is 0. The molecule has 0 amide bonds. The molecule has 2 rings (SSSR count). The predicted molar refractivity (Wildman–Crippen MR) is 65.2 cm³/mol. The lowest BCUT2D eigenvalue weighted by Crippen LogP contribution is -2.09. The van der Waals surface area contributed by atoms with Crippen molar-refractivity contribution >= 4 is 22.4 Å². The second kappa shape index (κ2) is 3.85. The molecule has 16 heavy (non-hydrogen) atoms. The molecule has 0 spiro atoms. The number of carboxylic acids is 1. The molecule has 1 N–H and O–H groups in total. The van der Waals surface area contributed by atoms with Gasteiger partial charge in [-0.1, -0.05) is 18.2 Å². The Morgan fingerprint density at radius 1 is 1.19 bits per heavy atom. The standard InChI is InChI=1S/C13H13NO2/c1-14(2)12-5-3-4-9-8-10(13(15)16)6-7-11(9)12/h3-8H,1-2H3,(H,15,16). The Labute approximate surface area is 93.9 Å². The molecule has 0 heterocycles. The van der Waals surface area contributed by atoms with E-state index in [2.05, 4.69) is 0 Å². The van der Waals surface area contributed by atoms with Crippen LogP contribution in [0, 0.1) is 0 Å². The molecule has 0 aliphatic carbocycles. The predicted octanol–water partition coefficient (Wildman–Crippen LogP) is 2.60. The lowest BCUT2D eigenvalue weighted by molar-refractivity contribution is 0.0697. The summed E-state index contributed by atoms with van der Waals surface area (Å²) < 4.78 is 0. The molecule has 2 aromatic rings. The van der Waals surface area contributed by atoms with Crippen LogP contribution in [0.25, 0.3) is 10.8 Å². The summed E-state index contributed by atoms with van der Waals surface area (Å²) in [6, 6.07) is 11.1. The van der Waals surface area contributed by atoms with Crippen LogP contribution in [0.2, 0.25) is 0 Å². The molecule has 2 aromatic carbocycles. The van der Waals surface area contributed by atoms with Crippen LogP contribution < -0.4 is 4.90 Å². The van der Waals surface area contributed by atoms with Gasteiger partial charge in [0, 0.05) is 25.2 Å². The number of fused-ring (bicyclic) bond motifs is 1. The Bertz CT molecular complexity index is 547. The van der Waals surface area contributed by atoms with Crippen molar-refractivity contribution in [2.45, 2.75) is 0 Å². The van der Waals surface area contributed by atoms with Crippen molar-refractivity contribution in [1.29, 1.82) is 0 Å². The number of carbonyl (C=O) groups is 1. The summed E-state index contributed by atoms with van der Waals surface area (Å²) in [7, 11) is 3.94. The molecule has 0 unspecified atom stereocenters. The SMILES string of the molecule is CN(C)c1cccc2cc(C(=O)O)ccc12. The maximum absolute atomic E-state index is 10.9. The minimum absolute atomic E-state index is 0.323. The van der Waals surface area contributed by atoms with Gasteiger partial charge in [0.15, 0.2) is 0 Å². The normalized spacial score (nSPS) is 10.4. The number of aromatic carboxylic acids is 1. The topological polar surface area (TPSA) is 40.5 Å². The number of hydrogen-bond acceptors (Lipinski definition) is 2. The number of benzene rings is 2. The van der Waals surface area contributed by atoms with Crippen LogP contribution in [-0.4, -0.2) is 25.2 Å². The highest BCUT2D eigenvalue weighted by Crippen LogP contribution is 2.26. The molecule has 0 aliphatic rings. The van der Waals surface area contributed by atoms with Gasteiger partial charge in [-0.3, -0.25) is 0 Å². The highest BCUT2D eigenvalue weighted by Gasteiger charge is 2.06. The Balaban J connectivity index is 2.68. The number of nitrogens with zero attached hydrogens (tertiary/aromatic N) is 1. The second-order valence-corrected chi connectivity index (χ2v) is 3.91. The lowest BCUT2D eigenvalue weighted by atomic mass is 10.1. The van der Waals surface area contributed by atoms with E-state index in [1.165, 1.54) is 0 Å². The molecule has 0 atom stereocenters. The number of hydrogen-bond donors (Lipinski definition) is 1. The fourth-order valence-electron chi connectivity index (χ4n) is 1.79. The van der Waals surface area contributed by atoms with Crippen molar-refractivity contribution in [3.05, 3.63) is 42.0 Å². The first kappa shape index (κ1) is 10.5. The van der Waals surface area contributed by atoms with E-state index in [1.807, 2.05) is 43.3 Å². The van der Waals surface area contributed by atoms with Gasteiger partial charge in [0.05, 0.1) is 5.56 Å². The quantitative estimate of drug-likeness (QED) is 0.837. The Morgan fingerprint density at radius 2 is 1.94 bits per heavy atom. The van der Waals surface area contributed by atoms with E-state index in [1.54, 1.807) is 12.1 Å². The van der Waals surface area contributed by atoms with Crippen molar-refractivity contribution in [3.63, 3.8) is 0 Å². The van der Waals surface area contributed by atoms with Crippen LogP contribution in [0.5, 0.6) is 0 Å². The van der Waals surface area contributed by atoms with Gasteiger partial charge in [-0.05, 0) is 23.6 Å². The van der Waals surface area contributed by atoms with Crippen LogP contribution in [0.4, 0.5) is 5.69 Å². The van der Waals surface area contributed by atoms with Gasteiger partial charge in [0.2, 0.25) is 0 Å². The van der Waals surface area contributed by atoms with Crippen molar-refractivity contribution < 1.29 is 9.90 Å². The minimum atomic E-state index is -0.892. The van der Waals surface area contributed by atoms with E-state index in [0.29, 0.717) is 5.56 Å².